The van der Waals surface area contributed by atoms with Crippen molar-refractivity contribution in [3.63, 3.8) is 0 Å². The van der Waals surface area contributed by atoms with E-state index in [1.165, 1.54) is 0 Å². The minimum absolute atomic E-state index is 0.196. The number of hydrogen-bond donors (Lipinski definition) is 2. The van der Waals surface area contributed by atoms with Crippen LogP contribution in [0.1, 0.15) is 39.4 Å². The molecule has 6 nitrogen and oxygen atoms in total. The summed E-state index contributed by atoms with van der Waals surface area (Å²) in [7, 11) is 1.65. The van der Waals surface area contributed by atoms with Crippen molar-refractivity contribution in [3.05, 3.63) is 24.0 Å². The second kappa shape index (κ2) is 7.89. The number of fused-ring (bicyclic) bond motifs is 1. The number of ether oxygens (including phenoxy) is 1. The van der Waals surface area contributed by atoms with E-state index in [0.717, 1.165) is 55.1 Å². The Morgan fingerprint density at radius 1 is 1.37 bits per heavy atom. The molecule has 3 rings (SSSR count). The Bertz CT molecular complexity index is 794. The number of carboxylic acids is 1. The fourth-order valence-corrected chi connectivity index (χ4v) is 4.21. The van der Waals surface area contributed by atoms with Crippen molar-refractivity contribution in [1.29, 1.82) is 0 Å². The maximum atomic E-state index is 11.3. The number of aromatic nitrogens is 2. The highest BCUT2D eigenvalue weighted by Gasteiger charge is 2.32. The lowest BCUT2D eigenvalue weighted by atomic mass is 9.80. The average Bonchev–Trinajstić information content (AvgIpc) is 2.96. The van der Waals surface area contributed by atoms with Crippen LogP contribution in [-0.4, -0.2) is 52.7 Å². The topological polar surface area (TPSA) is 78.4 Å². The van der Waals surface area contributed by atoms with Crippen LogP contribution in [0.3, 0.4) is 0 Å². The van der Waals surface area contributed by atoms with Gasteiger partial charge in [0.15, 0.2) is 0 Å². The second-order valence-corrected chi connectivity index (χ2v) is 8.97. The van der Waals surface area contributed by atoms with Crippen LogP contribution in [0.2, 0.25) is 0 Å². The van der Waals surface area contributed by atoms with E-state index in [4.69, 9.17) is 9.72 Å². The molecule has 1 aliphatic rings. The molecule has 0 aliphatic carbocycles. The van der Waals surface area contributed by atoms with Crippen molar-refractivity contribution in [3.8, 4) is 5.75 Å². The first-order valence-corrected chi connectivity index (χ1v) is 9.70. The number of nitrogens with one attached hydrogen (secondary N) is 1. The van der Waals surface area contributed by atoms with Crippen LogP contribution in [0, 0.1) is 17.3 Å². The Morgan fingerprint density at radius 3 is 2.81 bits per heavy atom. The van der Waals surface area contributed by atoms with Gasteiger partial charge in [-0.1, -0.05) is 20.8 Å². The summed E-state index contributed by atoms with van der Waals surface area (Å²) in [5.41, 5.74) is 2.12. The van der Waals surface area contributed by atoms with E-state index < -0.39 is 5.97 Å². The van der Waals surface area contributed by atoms with Crippen molar-refractivity contribution < 1.29 is 14.6 Å². The lowest BCUT2D eigenvalue weighted by Crippen LogP contribution is -2.45. The first-order valence-electron chi connectivity index (χ1n) is 9.70. The van der Waals surface area contributed by atoms with Gasteiger partial charge in [-0.25, -0.2) is 4.98 Å². The zero-order valence-electron chi connectivity index (χ0n) is 16.8. The van der Waals surface area contributed by atoms with Crippen molar-refractivity contribution >= 4 is 17.0 Å². The third-order valence-electron chi connectivity index (χ3n) is 5.30. The predicted molar refractivity (Wildman–Crippen MR) is 106 cm³/mol. The number of piperidine rings is 1. The van der Waals surface area contributed by atoms with E-state index in [0.29, 0.717) is 5.92 Å². The van der Waals surface area contributed by atoms with Gasteiger partial charge in [-0.2, -0.15) is 0 Å². The molecule has 0 spiro atoms. The SMILES string of the molecule is COc1ccc2nc(CC3CN(CC(C)(C)C)CCC3CC(=O)O)[nH]c2c1. The third-order valence-corrected chi connectivity index (χ3v) is 5.30. The maximum absolute atomic E-state index is 11.3. The number of likely N-dealkylation sites (tertiary alicyclic amines) is 1. The van der Waals surface area contributed by atoms with Crippen molar-refractivity contribution in [2.75, 3.05) is 26.7 Å². The number of carboxylic acid groups (broad SMARTS) is 1. The van der Waals surface area contributed by atoms with Gasteiger partial charge in [-0.15, -0.1) is 0 Å². The van der Waals surface area contributed by atoms with Crippen LogP contribution in [0.15, 0.2) is 18.2 Å². The Balaban J connectivity index is 1.77. The molecule has 2 aromatic rings. The summed E-state index contributed by atoms with van der Waals surface area (Å²) in [6, 6.07) is 5.81. The molecule has 1 saturated heterocycles. The fraction of sp³-hybridized carbons (Fsp3) is 0.619. The van der Waals surface area contributed by atoms with Gasteiger partial charge in [0.2, 0.25) is 0 Å². The summed E-state index contributed by atoms with van der Waals surface area (Å²) in [5.74, 6) is 1.51. The van der Waals surface area contributed by atoms with Crippen LogP contribution in [0.5, 0.6) is 5.75 Å². The smallest absolute Gasteiger partial charge is 0.303 e. The number of hydrogen-bond acceptors (Lipinski definition) is 4. The highest BCUT2D eigenvalue weighted by Crippen LogP contribution is 2.31. The summed E-state index contributed by atoms with van der Waals surface area (Å²) in [5, 5.41) is 9.32. The first-order chi connectivity index (χ1) is 12.7. The molecule has 148 valence electrons. The minimum atomic E-state index is -0.705. The number of nitrogens with zero attached hydrogens (tertiary/aromatic N) is 2. The fourth-order valence-electron chi connectivity index (χ4n) is 4.21. The Hall–Kier alpha value is -2.08. The van der Waals surface area contributed by atoms with Gasteiger partial charge in [-0.05, 0) is 42.3 Å². The number of aliphatic carboxylic acids is 1. The lowest BCUT2D eigenvalue weighted by molar-refractivity contribution is -0.139. The average molecular weight is 373 g/mol. The van der Waals surface area contributed by atoms with E-state index in [-0.39, 0.29) is 17.8 Å². The standard InChI is InChI=1S/C21H31N3O3/c1-21(2,3)13-24-8-7-14(10-20(25)26)15(12-24)9-19-22-17-6-5-16(27-4)11-18(17)23-19/h5-6,11,14-15H,7-10,12-13H2,1-4H3,(H,22,23)(H,25,26). The van der Waals surface area contributed by atoms with E-state index in [2.05, 4.69) is 30.7 Å². The first kappa shape index (κ1) is 19.7. The monoisotopic (exact) mass is 373 g/mol. The number of H-pyrrole nitrogens is 1. The van der Waals surface area contributed by atoms with Crippen molar-refractivity contribution in [2.45, 2.75) is 40.0 Å². The molecular formula is C21H31N3O3. The van der Waals surface area contributed by atoms with Gasteiger partial charge >= 0.3 is 5.97 Å². The normalized spacial score (nSPS) is 21.5. The summed E-state index contributed by atoms with van der Waals surface area (Å²) in [4.78, 5) is 21.9. The molecule has 0 amide bonds. The van der Waals surface area contributed by atoms with Gasteiger partial charge in [0, 0.05) is 32.0 Å². The number of aromatic amines is 1. The number of imidazole rings is 1. The molecule has 0 radical (unpaired) electrons. The van der Waals surface area contributed by atoms with Crippen LogP contribution in [0.4, 0.5) is 0 Å². The van der Waals surface area contributed by atoms with Crippen molar-refractivity contribution in [1.82, 2.24) is 14.9 Å². The molecule has 1 aromatic carbocycles. The van der Waals surface area contributed by atoms with Crippen LogP contribution < -0.4 is 4.74 Å². The minimum Gasteiger partial charge on any atom is -0.497 e. The molecule has 2 unspecified atom stereocenters. The molecule has 0 saturated carbocycles. The zero-order chi connectivity index (χ0) is 19.6. The Kier molecular flexibility index (Phi) is 5.75. The summed E-state index contributed by atoms with van der Waals surface area (Å²) >= 11 is 0. The number of carbonyl (C=O) groups is 1. The molecule has 6 heteroatoms. The summed E-state index contributed by atoms with van der Waals surface area (Å²) in [6.07, 6.45) is 1.94. The van der Waals surface area contributed by atoms with Gasteiger partial charge in [0.05, 0.1) is 18.1 Å². The van der Waals surface area contributed by atoms with Gasteiger partial charge in [0.1, 0.15) is 11.6 Å². The van der Waals surface area contributed by atoms with E-state index >= 15 is 0 Å². The Labute approximate surface area is 160 Å². The number of rotatable bonds is 6. The molecule has 1 aromatic heterocycles. The highest BCUT2D eigenvalue weighted by atomic mass is 16.5. The molecular weight excluding hydrogens is 342 g/mol. The molecule has 2 atom stereocenters. The molecule has 1 fully saturated rings. The van der Waals surface area contributed by atoms with E-state index in [9.17, 15) is 9.90 Å². The number of methoxy groups -OCH3 is 1. The highest BCUT2D eigenvalue weighted by molar-refractivity contribution is 5.76. The lowest BCUT2D eigenvalue weighted by Gasteiger charge is -2.40. The zero-order valence-corrected chi connectivity index (χ0v) is 16.8. The van der Waals surface area contributed by atoms with Gasteiger partial charge in [-0.3, -0.25) is 4.79 Å². The van der Waals surface area contributed by atoms with E-state index in [1.807, 2.05) is 18.2 Å². The van der Waals surface area contributed by atoms with E-state index in [1.54, 1.807) is 7.11 Å². The van der Waals surface area contributed by atoms with Crippen LogP contribution >= 0.6 is 0 Å². The maximum Gasteiger partial charge on any atom is 0.303 e. The molecule has 1 aliphatic heterocycles. The van der Waals surface area contributed by atoms with Gasteiger partial charge in [0.25, 0.3) is 0 Å². The molecule has 27 heavy (non-hydrogen) atoms. The Morgan fingerprint density at radius 2 is 2.15 bits per heavy atom. The molecule has 2 N–H and O–H groups in total. The van der Waals surface area contributed by atoms with Crippen LogP contribution in [-0.2, 0) is 11.2 Å². The summed E-state index contributed by atoms with van der Waals surface area (Å²) < 4.78 is 5.28. The number of benzene rings is 1. The molecule has 0 bridgehead atoms. The third kappa shape index (κ3) is 5.22. The largest absolute Gasteiger partial charge is 0.497 e. The molecule has 2 heterocycles. The summed E-state index contributed by atoms with van der Waals surface area (Å²) in [6.45, 7) is 9.67. The quantitative estimate of drug-likeness (QED) is 0.809. The van der Waals surface area contributed by atoms with Gasteiger partial charge < -0.3 is 19.7 Å². The second-order valence-electron chi connectivity index (χ2n) is 8.97. The van der Waals surface area contributed by atoms with Crippen molar-refractivity contribution in [2.24, 2.45) is 17.3 Å². The predicted octanol–water partition coefficient (Wildman–Crippen LogP) is 3.57. The van der Waals surface area contributed by atoms with Crippen LogP contribution in [0.25, 0.3) is 11.0 Å².